The molecule has 0 saturated carbocycles. The van der Waals surface area contributed by atoms with E-state index in [0.29, 0.717) is 50.9 Å². The molecule has 12 heteroatoms. The number of halogens is 6. The molecule has 1 aliphatic rings. The molecule has 2 aromatic heterocycles. The Hall–Kier alpha value is -2.08. The first-order valence-electron chi connectivity index (χ1n) is 8.67. The summed E-state index contributed by atoms with van der Waals surface area (Å²) in [6.07, 6.45) is -3.33. The second kappa shape index (κ2) is 8.11. The smallest absolute Gasteiger partial charge is 0.325 e. The van der Waals surface area contributed by atoms with Crippen molar-refractivity contribution in [2.45, 2.75) is 38.5 Å². The van der Waals surface area contributed by atoms with Gasteiger partial charge in [0, 0.05) is 51.0 Å². The van der Waals surface area contributed by atoms with Crippen LogP contribution >= 0.6 is 0 Å². The molecular weight excluding hydrogens is 390 g/mol. The minimum Gasteiger partial charge on any atom is -0.325 e. The molecule has 2 aromatic rings. The van der Waals surface area contributed by atoms with Gasteiger partial charge in [0.05, 0.1) is 13.1 Å². The number of piperazine rings is 1. The minimum absolute atomic E-state index is 0.291. The topological polar surface area (TPSA) is 42.1 Å². The van der Waals surface area contributed by atoms with Gasteiger partial charge in [-0.25, -0.2) is 9.97 Å². The van der Waals surface area contributed by atoms with Crippen LogP contribution in [0.3, 0.4) is 0 Å². The molecule has 0 aromatic carbocycles. The summed E-state index contributed by atoms with van der Waals surface area (Å²) in [5, 5.41) is 0. The van der Waals surface area contributed by atoms with Crippen LogP contribution in [0.2, 0.25) is 0 Å². The van der Waals surface area contributed by atoms with Crippen LogP contribution < -0.4 is 0 Å². The van der Waals surface area contributed by atoms with E-state index in [9.17, 15) is 26.3 Å². The third-order valence-corrected chi connectivity index (χ3v) is 4.50. The Morgan fingerprint density at radius 3 is 1.36 bits per heavy atom. The molecule has 1 fully saturated rings. The Morgan fingerprint density at radius 1 is 0.679 bits per heavy atom. The van der Waals surface area contributed by atoms with Gasteiger partial charge in [-0.3, -0.25) is 9.80 Å². The van der Waals surface area contributed by atoms with Crippen molar-refractivity contribution in [1.82, 2.24) is 28.9 Å². The van der Waals surface area contributed by atoms with Crippen molar-refractivity contribution in [2.75, 3.05) is 26.2 Å². The normalized spacial score (nSPS) is 17.4. The summed E-state index contributed by atoms with van der Waals surface area (Å²) in [4.78, 5) is 12.0. The van der Waals surface area contributed by atoms with Crippen molar-refractivity contribution in [2.24, 2.45) is 0 Å². The van der Waals surface area contributed by atoms with Crippen molar-refractivity contribution >= 4 is 0 Å². The number of hydrogen-bond acceptors (Lipinski definition) is 4. The summed E-state index contributed by atoms with van der Waals surface area (Å²) in [6, 6.07) is 0. The van der Waals surface area contributed by atoms with Gasteiger partial charge in [0.15, 0.2) is 0 Å². The minimum atomic E-state index is -4.31. The quantitative estimate of drug-likeness (QED) is 0.687. The third-order valence-electron chi connectivity index (χ3n) is 4.50. The van der Waals surface area contributed by atoms with Crippen molar-refractivity contribution in [3.8, 4) is 0 Å². The Labute approximate surface area is 157 Å². The molecule has 0 spiro atoms. The molecule has 1 saturated heterocycles. The summed E-state index contributed by atoms with van der Waals surface area (Å²) >= 11 is 0. The summed E-state index contributed by atoms with van der Waals surface area (Å²) in [5.74, 6) is 0.679. The summed E-state index contributed by atoms with van der Waals surface area (Å²) in [6.45, 7) is 0.753. The van der Waals surface area contributed by atoms with E-state index in [4.69, 9.17) is 0 Å². The number of alkyl halides is 6. The van der Waals surface area contributed by atoms with Crippen LogP contribution in [0.15, 0.2) is 24.8 Å². The van der Waals surface area contributed by atoms with Crippen molar-refractivity contribution in [3.05, 3.63) is 36.4 Å². The highest BCUT2D eigenvalue weighted by Gasteiger charge is 2.30. The van der Waals surface area contributed by atoms with E-state index in [1.807, 2.05) is 9.80 Å². The van der Waals surface area contributed by atoms with Crippen LogP contribution in [0, 0.1) is 0 Å². The number of hydrogen-bond donors (Lipinski definition) is 0. The highest BCUT2D eigenvalue weighted by molar-refractivity contribution is 4.96. The molecule has 3 rings (SSSR count). The Morgan fingerprint density at radius 2 is 1.04 bits per heavy atom. The summed E-state index contributed by atoms with van der Waals surface area (Å²) in [7, 11) is 0. The Bertz CT molecular complexity index is 692. The predicted octanol–water partition coefficient (Wildman–Crippen LogP) is 2.52. The largest absolute Gasteiger partial charge is 0.406 e. The summed E-state index contributed by atoms with van der Waals surface area (Å²) < 4.78 is 77.8. The van der Waals surface area contributed by atoms with Crippen LogP contribution in [0.4, 0.5) is 26.3 Å². The molecule has 1 aliphatic heterocycles. The van der Waals surface area contributed by atoms with Gasteiger partial charge in [-0.15, -0.1) is 0 Å². The zero-order valence-corrected chi connectivity index (χ0v) is 14.9. The average Bonchev–Trinajstić information content (AvgIpc) is 3.16. The zero-order valence-electron chi connectivity index (χ0n) is 14.9. The lowest BCUT2D eigenvalue weighted by atomic mass is 10.3. The Kier molecular flexibility index (Phi) is 5.98. The molecule has 0 atom stereocenters. The molecule has 28 heavy (non-hydrogen) atoms. The Balaban J connectivity index is 1.51. The van der Waals surface area contributed by atoms with Gasteiger partial charge in [-0.2, -0.15) is 26.3 Å². The lowest BCUT2D eigenvalue weighted by Gasteiger charge is -2.34. The van der Waals surface area contributed by atoms with Crippen LogP contribution in [-0.2, 0) is 26.2 Å². The summed E-state index contributed by atoms with van der Waals surface area (Å²) in [5.41, 5.74) is 0. The lowest BCUT2D eigenvalue weighted by Crippen LogP contribution is -2.46. The zero-order chi connectivity index (χ0) is 20.4. The maximum atomic E-state index is 12.6. The van der Waals surface area contributed by atoms with Crippen molar-refractivity contribution in [1.29, 1.82) is 0 Å². The standard InChI is InChI=1S/C16H20F6N6/c17-15(18,19)11-27-3-1-23-13(27)9-25-5-7-26(8-6-25)10-14-24-2-4-28(14)12-16(20,21)22/h1-4H,5-12H2. The first kappa shape index (κ1) is 20.6. The van der Waals surface area contributed by atoms with Crippen LogP contribution in [0.1, 0.15) is 11.6 Å². The molecule has 0 unspecified atom stereocenters. The fraction of sp³-hybridized carbons (Fsp3) is 0.625. The van der Waals surface area contributed by atoms with E-state index in [0.717, 1.165) is 9.13 Å². The van der Waals surface area contributed by atoms with Gasteiger partial charge < -0.3 is 9.13 Å². The SMILES string of the molecule is FC(F)(F)Cn1ccnc1CN1CCN(Cc2nccn2CC(F)(F)F)CC1. The lowest BCUT2D eigenvalue weighted by molar-refractivity contribution is -0.142. The van der Waals surface area contributed by atoms with Crippen molar-refractivity contribution < 1.29 is 26.3 Å². The number of rotatable bonds is 6. The molecule has 0 radical (unpaired) electrons. The molecule has 3 heterocycles. The van der Waals surface area contributed by atoms with Gasteiger partial charge in [-0.05, 0) is 0 Å². The van der Waals surface area contributed by atoms with Gasteiger partial charge in [0.1, 0.15) is 24.7 Å². The highest BCUT2D eigenvalue weighted by atomic mass is 19.4. The molecule has 0 N–H and O–H groups in total. The van der Waals surface area contributed by atoms with E-state index in [1.165, 1.54) is 24.8 Å². The average molecular weight is 410 g/mol. The highest BCUT2D eigenvalue weighted by Crippen LogP contribution is 2.20. The molecule has 6 nitrogen and oxygen atoms in total. The second-order valence-electron chi connectivity index (χ2n) is 6.73. The van der Waals surface area contributed by atoms with Crippen LogP contribution in [-0.4, -0.2) is 67.4 Å². The molecule has 0 bridgehead atoms. The van der Waals surface area contributed by atoms with Gasteiger partial charge >= 0.3 is 12.4 Å². The van der Waals surface area contributed by atoms with Crippen molar-refractivity contribution in [3.63, 3.8) is 0 Å². The molecule has 156 valence electrons. The van der Waals surface area contributed by atoms with Gasteiger partial charge in [0.25, 0.3) is 0 Å². The van der Waals surface area contributed by atoms with Gasteiger partial charge in [-0.1, -0.05) is 0 Å². The third kappa shape index (κ3) is 5.96. The first-order chi connectivity index (χ1) is 13.1. The number of aromatic nitrogens is 4. The van der Waals surface area contributed by atoms with Gasteiger partial charge in [0.2, 0.25) is 0 Å². The fourth-order valence-corrected chi connectivity index (χ4v) is 3.16. The molecular formula is C16H20F6N6. The van der Waals surface area contributed by atoms with E-state index in [2.05, 4.69) is 9.97 Å². The fourth-order valence-electron chi connectivity index (χ4n) is 3.16. The maximum absolute atomic E-state index is 12.6. The monoisotopic (exact) mass is 410 g/mol. The predicted molar refractivity (Wildman–Crippen MR) is 87.1 cm³/mol. The second-order valence-corrected chi connectivity index (χ2v) is 6.73. The maximum Gasteiger partial charge on any atom is 0.406 e. The first-order valence-corrected chi connectivity index (χ1v) is 8.67. The van der Waals surface area contributed by atoms with Crippen LogP contribution in [0.25, 0.3) is 0 Å². The van der Waals surface area contributed by atoms with E-state index in [-0.39, 0.29) is 0 Å². The number of nitrogens with zero attached hydrogens (tertiary/aromatic N) is 6. The number of imidazole rings is 2. The molecule has 0 aliphatic carbocycles. The molecule has 0 amide bonds. The van der Waals surface area contributed by atoms with Crippen LogP contribution in [0.5, 0.6) is 0 Å². The van der Waals surface area contributed by atoms with E-state index in [1.54, 1.807) is 0 Å². The van der Waals surface area contributed by atoms with E-state index < -0.39 is 25.4 Å². The van der Waals surface area contributed by atoms with E-state index >= 15 is 0 Å².